The van der Waals surface area contributed by atoms with Crippen molar-refractivity contribution in [1.82, 2.24) is 49.8 Å². The van der Waals surface area contributed by atoms with Crippen LogP contribution in [0.1, 0.15) is 74.9 Å². The average molecular weight is 1910 g/mol. The summed E-state index contributed by atoms with van der Waals surface area (Å²) in [6, 6.07) is 167. The molecule has 7 heterocycles. The second-order valence-corrected chi connectivity index (χ2v) is 40.7. The minimum absolute atomic E-state index is 0.189. The molecule has 3 aliphatic carbocycles. The number of hydrogen-bond donors (Lipinski definition) is 0. The normalized spacial score (nSPS) is 13.1. The molecule has 10 heteroatoms. The van der Waals surface area contributed by atoms with E-state index in [1.54, 1.807) is 0 Å². The molecule has 0 spiro atoms. The first-order valence-electron chi connectivity index (χ1n) is 51.1. The van der Waals surface area contributed by atoms with Gasteiger partial charge in [-0.05, 0) is 112 Å². The van der Waals surface area contributed by atoms with Crippen LogP contribution in [0.25, 0.3) is 256 Å². The number of fused-ring (bicyclic) bond motifs is 21. The van der Waals surface area contributed by atoms with Crippen LogP contribution in [0, 0.1) is 0 Å². The zero-order chi connectivity index (χ0) is 99.7. The maximum Gasteiger partial charge on any atom is 0.164 e. The average Bonchev–Trinajstić information content (AvgIpc) is 1.56. The monoisotopic (exact) mass is 1900 g/mol. The topological polar surface area (TPSA) is 129 Å². The lowest BCUT2D eigenvalue weighted by molar-refractivity contribution is 0.661. The van der Waals surface area contributed by atoms with Gasteiger partial charge >= 0.3 is 0 Å². The van der Waals surface area contributed by atoms with E-state index in [1.165, 1.54) is 132 Å². The van der Waals surface area contributed by atoms with Crippen LogP contribution in [0.2, 0.25) is 0 Å². The highest BCUT2D eigenvalue weighted by molar-refractivity contribution is 6.17. The molecule has 0 radical (unpaired) electrons. The third kappa shape index (κ3) is 15.3. The van der Waals surface area contributed by atoms with Gasteiger partial charge in [0, 0.05) is 121 Å². The maximum atomic E-state index is 5.44. The van der Waals surface area contributed by atoms with Crippen LogP contribution in [-0.4, -0.2) is 49.8 Å². The predicted octanol–water partition coefficient (Wildman–Crippen LogP) is 35.2. The fraction of sp³-hybridized carbons (Fsp3) is 0.0647. The summed E-state index contributed by atoms with van der Waals surface area (Å²) in [5, 5.41) is 12.8. The summed E-state index contributed by atoms with van der Waals surface area (Å²) in [5.41, 5.74) is 40.6. The lowest BCUT2D eigenvalue weighted by Crippen LogP contribution is -2.16. The predicted molar refractivity (Wildman–Crippen MR) is 615 cm³/mol. The molecular weight excluding hydrogens is 1810 g/mol. The molecule has 7 aromatic heterocycles. The third-order valence-electron chi connectivity index (χ3n) is 30.8. The van der Waals surface area contributed by atoms with E-state index in [1.807, 2.05) is 103 Å². The highest BCUT2D eigenvalue weighted by atomic mass is 15.0. The molecular formula is C139H96N10. The molecule has 19 aromatic carbocycles. The van der Waals surface area contributed by atoms with Crippen molar-refractivity contribution in [1.29, 1.82) is 0 Å². The molecule has 0 unspecified atom stereocenters. The number of rotatable bonds is 12. The van der Waals surface area contributed by atoms with Gasteiger partial charge < -0.3 is 0 Å². The first kappa shape index (κ1) is 89.0. The molecule has 0 N–H and O–H groups in total. The second-order valence-electron chi connectivity index (χ2n) is 40.7. The lowest BCUT2D eigenvalue weighted by atomic mass is 9.78. The molecule has 29 rings (SSSR count). The molecule has 0 aliphatic heterocycles. The van der Waals surface area contributed by atoms with Crippen molar-refractivity contribution >= 4 is 86.8 Å². The second kappa shape index (κ2) is 35.8. The Morgan fingerprint density at radius 1 is 0.148 bits per heavy atom. The van der Waals surface area contributed by atoms with Gasteiger partial charge in [-0.25, -0.2) is 49.8 Å². The van der Waals surface area contributed by atoms with Gasteiger partial charge in [-0.15, -0.1) is 0 Å². The van der Waals surface area contributed by atoms with Gasteiger partial charge in [-0.2, -0.15) is 0 Å². The van der Waals surface area contributed by atoms with E-state index in [2.05, 4.69) is 412 Å². The summed E-state index contributed by atoms with van der Waals surface area (Å²) >= 11 is 0. The van der Waals surface area contributed by atoms with Crippen LogP contribution in [0.15, 0.2) is 473 Å². The summed E-state index contributed by atoms with van der Waals surface area (Å²) in [5.74, 6) is 2.67. The van der Waals surface area contributed by atoms with Gasteiger partial charge in [0.1, 0.15) is 0 Å². The summed E-state index contributed by atoms with van der Waals surface area (Å²) in [6.45, 7) is 14.0. The Morgan fingerprint density at radius 3 is 0.718 bits per heavy atom. The van der Waals surface area contributed by atoms with Crippen LogP contribution < -0.4 is 0 Å². The van der Waals surface area contributed by atoms with Gasteiger partial charge in [0.2, 0.25) is 0 Å². The van der Waals surface area contributed by atoms with E-state index < -0.39 is 0 Å². The first-order valence-corrected chi connectivity index (χ1v) is 51.1. The number of nitrogens with zero attached hydrogens (tertiary/aromatic N) is 10. The molecule has 3 aliphatic rings. The van der Waals surface area contributed by atoms with Crippen LogP contribution >= 0.6 is 0 Å². The van der Waals surface area contributed by atoms with Crippen LogP contribution in [0.5, 0.6) is 0 Å². The minimum Gasteiger partial charge on any atom is -0.247 e. The molecule has 0 bridgehead atoms. The van der Waals surface area contributed by atoms with Crippen LogP contribution in [0.3, 0.4) is 0 Å². The Bertz CT molecular complexity index is 9400. The van der Waals surface area contributed by atoms with Crippen LogP contribution in [-0.2, 0) is 16.2 Å². The standard InChI is InChI=1S/C52H35N3.C44H31N3.C43H30N4/c1-52(2)43-15-9-8-14-41(43)51-47(52)46(42-29-26-34-10-6-7-13-40(34)50(42)55-51)37-22-18-33(19-23-37)32-16-20-36(21-17-32)45-31-28-39-25-24-38-27-30-44(35-11-4-3-5-12-35)53-48(38)49(39)54-45;1-44(2)36-20-12-11-19-34(36)42-40(44)39(35-26-25-28-13-9-10-18-33(28)41(35)47-42)31-23-21-30(22-24-31)38-27-37(29-14-5-3-6-15-29)45-43(46-38)32-16-7-4-8-17-32;1-43(2)35-20-12-11-19-33(35)39-37(43)36(34-26-25-27-13-9-10-18-32(27)38(34)44-39)28-21-23-31(24-22-28)42-46-40(29-14-5-3-6-15-29)45-41(47-42)30-16-7-4-8-17-30/h3-31H,1-2H3;3-27H,1-2H3;3-26H,1-2H3. The van der Waals surface area contributed by atoms with E-state index in [9.17, 15) is 0 Å². The van der Waals surface area contributed by atoms with E-state index in [0.29, 0.717) is 17.5 Å². The zero-order valence-electron chi connectivity index (χ0n) is 83.0. The van der Waals surface area contributed by atoms with Crippen molar-refractivity contribution < 1.29 is 0 Å². The Kier molecular flexibility index (Phi) is 21.4. The molecule has 26 aromatic rings. The van der Waals surface area contributed by atoms with Crippen molar-refractivity contribution in [3.8, 4) is 169 Å². The van der Waals surface area contributed by atoms with Gasteiger partial charge in [-0.3, -0.25) is 0 Å². The van der Waals surface area contributed by atoms with Gasteiger partial charge in [0.05, 0.1) is 67.4 Å². The number of pyridine rings is 5. The first-order chi connectivity index (χ1) is 73.1. The van der Waals surface area contributed by atoms with Crippen molar-refractivity contribution in [2.24, 2.45) is 0 Å². The Hall–Kier alpha value is -18.9. The van der Waals surface area contributed by atoms with Crippen molar-refractivity contribution in [3.05, 3.63) is 507 Å². The molecule has 10 nitrogen and oxygen atoms in total. The van der Waals surface area contributed by atoms with E-state index >= 15 is 0 Å². The summed E-state index contributed by atoms with van der Waals surface area (Å²) in [7, 11) is 0. The summed E-state index contributed by atoms with van der Waals surface area (Å²) < 4.78 is 0. The Balaban J connectivity index is 0.000000111. The van der Waals surface area contributed by atoms with Crippen LogP contribution in [0.4, 0.5) is 0 Å². The van der Waals surface area contributed by atoms with Gasteiger partial charge in [-0.1, -0.05) is 497 Å². The summed E-state index contributed by atoms with van der Waals surface area (Å²) in [6.07, 6.45) is 0. The SMILES string of the molecule is CC1(C)c2ccccc2-c2nc3c(ccc4ccccc43)c(-c3ccc(-c4cc(-c5ccccc5)nc(-c5ccccc5)n4)cc3)c21.CC1(C)c2ccccc2-c2nc3c(ccc4ccccc43)c(-c3ccc(-c4ccc(-c5ccc6ccc7ccc(-c8ccccc8)nc7c6n5)cc4)cc3)c21.CC1(C)c2ccccc2-c2nc3c(ccc4ccccc43)c(-c3ccc(-c4nc(-c5ccccc5)nc(-c5ccccc5)n4)cc3)c21. The molecule has 0 atom stereocenters. The van der Waals surface area contributed by atoms with E-state index in [0.717, 1.165) is 139 Å². The number of hydrogen-bond acceptors (Lipinski definition) is 10. The van der Waals surface area contributed by atoms with Crippen molar-refractivity contribution in [2.75, 3.05) is 0 Å². The Labute approximate surface area is 863 Å². The molecule has 0 saturated carbocycles. The fourth-order valence-electron chi connectivity index (χ4n) is 23.4. The smallest absolute Gasteiger partial charge is 0.164 e. The highest BCUT2D eigenvalue weighted by Gasteiger charge is 2.44. The lowest BCUT2D eigenvalue weighted by Gasteiger charge is -2.25. The van der Waals surface area contributed by atoms with E-state index in [4.69, 9.17) is 49.8 Å². The number of aromatic nitrogens is 10. The van der Waals surface area contributed by atoms with E-state index in [-0.39, 0.29) is 16.2 Å². The molecule has 702 valence electrons. The zero-order valence-corrected chi connectivity index (χ0v) is 83.0. The molecule has 149 heavy (non-hydrogen) atoms. The van der Waals surface area contributed by atoms with Gasteiger partial charge in [0.15, 0.2) is 23.3 Å². The summed E-state index contributed by atoms with van der Waals surface area (Å²) in [4.78, 5) is 51.4. The van der Waals surface area contributed by atoms with Crippen molar-refractivity contribution in [2.45, 2.75) is 57.8 Å². The largest absolute Gasteiger partial charge is 0.247 e. The molecule has 0 fully saturated rings. The fourth-order valence-corrected chi connectivity index (χ4v) is 23.4. The van der Waals surface area contributed by atoms with Crippen molar-refractivity contribution in [3.63, 3.8) is 0 Å². The molecule has 0 amide bonds. The maximum absolute atomic E-state index is 5.44. The quantitative estimate of drug-likeness (QED) is 0.109. The molecule has 0 saturated heterocycles. The third-order valence-corrected chi connectivity index (χ3v) is 30.8. The highest BCUT2D eigenvalue weighted by Crippen LogP contribution is 2.58. The van der Waals surface area contributed by atoms with Gasteiger partial charge in [0.25, 0.3) is 0 Å². The minimum atomic E-state index is -0.212. The number of benzene rings is 19. The Morgan fingerprint density at radius 2 is 0.383 bits per heavy atom.